The van der Waals surface area contributed by atoms with E-state index in [2.05, 4.69) is 62.5 Å². The van der Waals surface area contributed by atoms with Crippen LogP contribution in [0.5, 0.6) is 0 Å². The number of likely N-dealkylation sites (N-methyl/N-ethyl adjacent to an activating group) is 1. The fourth-order valence-corrected chi connectivity index (χ4v) is 3.96. The lowest BCUT2D eigenvalue weighted by molar-refractivity contribution is -0.889. The molecule has 0 spiro atoms. The molecule has 0 aliphatic rings. The molecule has 43 heavy (non-hydrogen) atoms. The van der Waals surface area contributed by atoms with Crippen LogP contribution in [0.15, 0.2) is 60.8 Å². The summed E-state index contributed by atoms with van der Waals surface area (Å²) < 4.78 is 16.8. The van der Waals surface area contributed by atoms with E-state index in [1.54, 1.807) is 21.1 Å². The van der Waals surface area contributed by atoms with Gasteiger partial charge in [0, 0.05) is 19.3 Å². The molecule has 8 heteroatoms. The molecule has 0 saturated carbocycles. The first-order valence-corrected chi connectivity index (χ1v) is 15.8. The number of esters is 2. The zero-order valence-corrected chi connectivity index (χ0v) is 27.3. The molecule has 0 bridgehead atoms. The van der Waals surface area contributed by atoms with Crippen molar-refractivity contribution in [1.82, 2.24) is 0 Å². The van der Waals surface area contributed by atoms with E-state index in [4.69, 9.17) is 14.2 Å². The third kappa shape index (κ3) is 25.3. The van der Waals surface area contributed by atoms with Gasteiger partial charge in [-0.25, -0.2) is 0 Å². The molecule has 0 aliphatic heterocycles. The maximum absolute atomic E-state index is 12.5. The van der Waals surface area contributed by atoms with Crippen LogP contribution in [-0.4, -0.2) is 75.5 Å². The number of allylic oxidation sites excluding steroid dienone is 10. The van der Waals surface area contributed by atoms with E-state index in [0.29, 0.717) is 12.8 Å². The molecule has 0 aromatic heterocycles. The number of aliphatic carboxylic acids is 1. The van der Waals surface area contributed by atoms with Crippen LogP contribution >= 0.6 is 0 Å². The molecular formula is C35H57NO7. The molecule has 0 heterocycles. The summed E-state index contributed by atoms with van der Waals surface area (Å²) in [6.07, 6.45) is 28.7. The maximum atomic E-state index is 12.5. The lowest BCUT2D eigenvalue weighted by atomic mass is 10.1. The molecule has 0 radical (unpaired) electrons. The number of quaternary nitrogens is 1. The van der Waals surface area contributed by atoms with Gasteiger partial charge in [-0.2, -0.15) is 0 Å². The number of nitrogens with zero attached hydrogens (tertiary/aromatic N) is 1. The summed E-state index contributed by atoms with van der Waals surface area (Å²) in [7, 11) is 5.34. The zero-order valence-electron chi connectivity index (χ0n) is 27.3. The highest BCUT2D eigenvalue weighted by atomic mass is 16.6. The fourth-order valence-electron chi connectivity index (χ4n) is 3.96. The lowest BCUT2D eigenvalue weighted by Gasteiger charge is -2.34. The quantitative estimate of drug-likeness (QED) is 0.0534. The molecule has 0 aromatic rings. The van der Waals surface area contributed by atoms with Crippen molar-refractivity contribution in [2.24, 2.45) is 0 Å². The van der Waals surface area contributed by atoms with Crippen LogP contribution in [-0.2, 0) is 28.6 Å². The minimum atomic E-state index is -1.14. The molecule has 0 aromatic carbocycles. The zero-order chi connectivity index (χ0) is 32.2. The first kappa shape index (κ1) is 40.0. The molecule has 2 atom stereocenters. The van der Waals surface area contributed by atoms with Gasteiger partial charge in [0.2, 0.25) is 0 Å². The van der Waals surface area contributed by atoms with Crippen LogP contribution in [0.3, 0.4) is 0 Å². The molecule has 0 N–H and O–H groups in total. The highest BCUT2D eigenvalue weighted by Crippen LogP contribution is 2.10. The molecule has 2 unspecified atom stereocenters. The Morgan fingerprint density at radius 3 is 1.81 bits per heavy atom. The average molecular weight is 604 g/mol. The summed E-state index contributed by atoms with van der Waals surface area (Å²) in [5.41, 5.74) is 0. The van der Waals surface area contributed by atoms with Gasteiger partial charge in [0.1, 0.15) is 12.6 Å². The van der Waals surface area contributed by atoms with Crippen LogP contribution in [0.25, 0.3) is 0 Å². The third-order valence-corrected chi connectivity index (χ3v) is 6.41. The molecule has 0 fully saturated rings. The largest absolute Gasteiger partial charge is 0.544 e. The van der Waals surface area contributed by atoms with Gasteiger partial charge in [-0.05, 0) is 57.8 Å². The molecule has 8 nitrogen and oxygen atoms in total. The van der Waals surface area contributed by atoms with Crippen molar-refractivity contribution in [3.8, 4) is 0 Å². The smallest absolute Gasteiger partial charge is 0.306 e. The topological polar surface area (TPSA) is 102 Å². The average Bonchev–Trinajstić information content (AvgIpc) is 2.94. The number of carboxylic acids is 1. The van der Waals surface area contributed by atoms with E-state index in [-0.39, 0.29) is 55.5 Å². The second-order valence-electron chi connectivity index (χ2n) is 11.3. The summed E-state index contributed by atoms with van der Waals surface area (Å²) in [6.45, 7) is 4.23. The Morgan fingerprint density at radius 1 is 0.698 bits per heavy atom. The van der Waals surface area contributed by atoms with Gasteiger partial charge in [0.15, 0.2) is 6.10 Å². The molecule has 0 aliphatic carbocycles. The summed E-state index contributed by atoms with van der Waals surface area (Å²) in [6, 6.07) is -0.739. The minimum Gasteiger partial charge on any atom is -0.544 e. The van der Waals surface area contributed by atoms with E-state index < -0.39 is 18.1 Å². The number of ether oxygens (including phenoxy) is 3. The molecular weight excluding hydrogens is 546 g/mol. The first-order valence-electron chi connectivity index (χ1n) is 15.8. The Kier molecular flexibility index (Phi) is 24.8. The van der Waals surface area contributed by atoms with E-state index in [0.717, 1.165) is 44.9 Å². The normalized spacial score (nSPS) is 14.0. The number of carboxylic acid groups (broad SMARTS) is 1. The van der Waals surface area contributed by atoms with Gasteiger partial charge in [0.25, 0.3) is 0 Å². The number of carbonyl (C=O) groups is 3. The van der Waals surface area contributed by atoms with Gasteiger partial charge in [-0.3, -0.25) is 9.59 Å². The van der Waals surface area contributed by atoms with Crippen molar-refractivity contribution >= 4 is 17.9 Å². The summed E-state index contributed by atoms with van der Waals surface area (Å²) in [4.78, 5) is 36.2. The predicted octanol–water partition coefficient (Wildman–Crippen LogP) is 5.78. The summed E-state index contributed by atoms with van der Waals surface area (Å²) >= 11 is 0. The van der Waals surface area contributed by atoms with Crippen LogP contribution in [0.1, 0.15) is 90.9 Å². The molecule has 244 valence electrons. The van der Waals surface area contributed by atoms with Crippen molar-refractivity contribution in [3.05, 3.63) is 60.8 Å². The Hall–Kier alpha value is -2.97. The molecule has 0 rings (SSSR count). The van der Waals surface area contributed by atoms with Gasteiger partial charge >= 0.3 is 11.9 Å². The first-order chi connectivity index (χ1) is 20.6. The third-order valence-electron chi connectivity index (χ3n) is 6.41. The van der Waals surface area contributed by atoms with Crippen LogP contribution in [0.2, 0.25) is 0 Å². The predicted molar refractivity (Wildman–Crippen MR) is 171 cm³/mol. The van der Waals surface area contributed by atoms with Crippen molar-refractivity contribution < 1.29 is 38.2 Å². The van der Waals surface area contributed by atoms with E-state index in [1.165, 1.54) is 0 Å². The highest BCUT2D eigenvalue weighted by molar-refractivity contribution is 5.70. The van der Waals surface area contributed by atoms with Crippen LogP contribution in [0, 0.1) is 0 Å². The Labute approximate surface area is 260 Å². The van der Waals surface area contributed by atoms with Gasteiger partial charge in [-0.1, -0.05) is 74.6 Å². The number of unbranched alkanes of at least 4 members (excludes halogenated alkanes) is 2. The van der Waals surface area contributed by atoms with Gasteiger partial charge in [0.05, 0.1) is 40.3 Å². The summed E-state index contributed by atoms with van der Waals surface area (Å²) in [5.74, 6) is -1.90. The Balaban J connectivity index is 4.64. The van der Waals surface area contributed by atoms with Crippen molar-refractivity contribution in [1.29, 1.82) is 0 Å². The molecule has 0 amide bonds. The standard InChI is InChI=1S/C35H57NO7/c1-6-8-10-12-14-15-16-17-18-20-22-24-26-34(38)43-31(29-41-28-27-32(35(39)40)36(3,4)5)30-42-33(37)25-23-21-19-13-11-9-7-2/h8-11,14-15,17-19,21,31-32H,6-7,12-13,16,20,22-30H2,1-5H3/b10-8+,11-9+,15-14+,18-17+,21-19+. The maximum Gasteiger partial charge on any atom is 0.306 e. The second kappa shape index (κ2) is 26.6. The van der Waals surface area contributed by atoms with Crippen molar-refractivity contribution in [2.75, 3.05) is 41.0 Å². The number of carbonyl (C=O) groups excluding carboxylic acids is 3. The van der Waals surface area contributed by atoms with Crippen LogP contribution < -0.4 is 5.11 Å². The minimum absolute atomic E-state index is 0.00406. The highest BCUT2D eigenvalue weighted by Gasteiger charge is 2.25. The number of hydrogen-bond acceptors (Lipinski definition) is 7. The van der Waals surface area contributed by atoms with E-state index in [1.807, 2.05) is 12.2 Å². The fraction of sp³-hybridized carbons (Fsp3) is 0.629. The number of rotatable bonds is 26. The van der Waals surface area contributed by atoms with Gasteiger partial charge in [-0.15, -0.1) is 0 Å². The SMILES string of the molecule is CC/C=C/C/C=C/C/C=C/CCCCC(=O)OC(COCCC(C(=O)[O-])[N+](C)(C)C)COC(=O)CC/C=C/C/C=C/CC. The second-order valence-corrected chi connectivity index (χ2v) is 11.3. The molecule has 0 saturated heterocycles. The number of hydrogen-bond donors (Lipinski definition) is 0. The van der Waals surface area contributed by atoms with E-state index >= 15 is 0 Å². The van der Waals surface area contributed by atoms with Crippen LogP contribution in [0.4, 0.5) is 0 Å². The van der Waals surface area contributed by atoms with Crippen molar-refractivity contribution in [2.45, 2.75) is 103 Å². The van der Waals surface area contributed by atoms with E-state index in [9.17, 15) is 19.5 Å². The van der Waals surface area contributed by atoms with Gasteiger partial charge < -0.3 is 28.6 Å². The lowest BCUT2D eigenvalue weighted by Crippen LogP contribution is -2.55. The van der Waals surface area contributed by atoms with Crippen molar-refractivity contribution in [3.63, 3.8) is 0 Å². The Morgan fingerprint density at radius 2 is 1.26 bits per heavy atom. The summed E-state index contributed by atoms with van der Waals surface area (Å²) in [5, 5.41) is 11.5. The Bertz CT molecular complexity index is 896. The monoisotopic (exact) mass is 603 g/mol.